The van der Waals surface area contributed by atoms with Gasteiger partial charge in [-0.1, -0.05) is 23.4 Å². The highest BCUT2D eigenvalue weighted by Gasteiger charge is 2.47. The molecule has 182 valence electrons. The minimum absolute atomic E-state index is 0.109. The first-order chi connectivity index (χ1) is 15.7. The molecule has 0 bridgehead atoms. The van der Waals surface area contributed by atoms with Gasteiger partial charge in [0.2, 0.25) is 5.82 Å². The molecule has 3 rings (SSSR count). The summed E-state index contributed by atoms with van der Waals surface area (Å²) < 4.78 is 53.2. The number of nitrogens with zero attached hydrogens (tertiary/aromatic N) is 2. The van der Waals surface area contributed by atoms with Crippen molar-refractivity contribution in [3.05, 3.63) is 53.1 Å². The average molecular weight is 478 g/mol. The van der Waals surface area contributed by atoms with Crippen LogP contribution in [0.15, 0.2) is 40.9 Å². The molecule has 0 aliphatic heterocycles. The summed E-state index contributed by atoms with van der Waals surface area (Å²) in [6.45, 7) is 8.06. The summed E-state index contributed by atoms with van der Waals surface area (Å²) >= 11 is 0. The lowest BCUT2D eigenvalue weighted by Gasteiger charge is -2.21. The maximum Gasteiger partial charge on any atom is 0.377 e. The van der Waals surface area contributed by atoms with E-state index >= 15 is 0 Å². The lowest BCUT2D eigenvalue weighted by Crippen LogP contribution is -2.35. The maximum atomic E-state index is 14.8. The first-order valence-corrected chi connectivity index (χ1v) is 10.5. The van der Waals surface area contributed by atoms with E-state index in [1.54, 1.807) is 25.1 Å². The Morgan fingerprint density at radius 2 is 1.79 bits per heavy atom. The van der Waals surface area contributed by atoms with Crippen molar-refractivity contribution in [2.75, 3.05) is 0 Å². The molecule has 0 aliphatic carbocycles. The van der Waals surface area contributed by atoms with E-state index in [9.17, 15) is 23.1 Å². The predicted octanol–water partition coefficient (Wildman–Crippen LogP) is 5.46. The lowest BCUT2D eigenvalue weighted by molar-refractivity contribution is -0.182. The SMILES string of the molecule is Cc1cc(C(O)C(F)(F)C(=O)O)ccc1-c1noc(-c2ccc(OC(C)C)c(C(C)(C)F)c2)n1. The van der Waals surface area contributed by atoms with Gasteiger partial charge in [0.15, 0.2) is 6.10 Å². The van der Waals surface area contributed by atoms with Crippen LogP contribution >= 0.6 is 0 Å². The van der Waals surface area contributed by atoms with Crippen LogP contribution < -0.4 is 4.74 Å². The molecule has 0 aliphatic rings. The van der Waals surface area contributed by atoms with E-state index < -0.39 is 23.7 Å². The van der Waals surface area contributed by atoms with E-state index in [4.69, 9.17) is 14.4 Å². The largest absolute Gasteiger partial charge is 0.491 e. The van der Waals surface area contributed by atoms with Crippen LogP contribution in [0.3, 0.4) is 0 Å². The van der Waals surface area contributed by atoms with Crippen LogP contribution in [0.5, 0.6) is 5.75 Å². The Morgan fingerprint density at radius 1 is 1.12 bits per heavy atom. The van der Waals surface area contributed by atoms with Gasteiger partial charge in [-0.05, 0) is 63.9 Å². The standard InChI is InChI=1S/C24H25F3N2O5/c1-12(2)33-18-9-7-15(11-17(18)23(4,5)25)21-28-20(29-34-21)16-8-6-14(10-13(16)3)19(30)24(26,27)22(31)32/h6-12,19,30H,1-5H3,(H,31,32). The van der Waals surface area contributed by atoms with Gasteiger partial charge in [-0.3, -0.25) is 0 Å². The summed E-state index contributed by atoms with van der Waals surface area (Å²) in [7, 11) is 0. The molecule has 1 unspecified atom stereocenters. The summed E-state index contributed by atoms with van der Waals surface area (Å²) in [5.74, 6) is -6.13. The van der Waals surface area contributed by atoms with Crippen LogP contribution in [0.2, 0.25) is 0 Å². The Hall–Kier alpha value is -3.40. The zero-order valence-electron chi connectivity index (χ0n) is 19.3. The maximum absolute atomic E-state index is 14.8. The molecule has 0 saturated heterocycles. The molecule has 10 heteroatoms. The number of hydrogen-bond acceptors (Lipinski definition) is 6. The van der Waals surface area contributed by atoms with Crippen molar-refractivity contribution in [2.45, 2.75) is 58.4 Å². The number of aryl methyl sites for hydroxylation is 1. The van der Waals surface area contributed by atoms with E-state index in [0.717, 1.165) is 0 Å². The summed E-state index contributed by atoms with van der Waals surface area (Å²) in [5.41, 5.74) is -0.359. The van der Waals surface area contributed by atoms with E-state index in [1.807, 2.05) is 13.8 Å². The number of aliphatic hydroxyl groups excluding tert-OH is 1. The van der Waals surface area contributed by atoms with Crippen molar-refractivity contribution in [1.29, 1.82) is 0 Å². The molecule has 0 spiro atoms. The molecule has 1 heterocycles. The molecule has 7 nitrogen and oxygen atoms in total. The van der Waals surface area contributed by atoms with Crippen molar-refractivity contribution in [1.82, 2.24) is 10.1 Å². The molecular formula is C24H25F3N2O5. The van der Waals surface area contributed by atoms with Crippen molar-refractivity contribution in [2.24, 2.45) is 0 Å². The number of carbonyl (C=O) groups is 1. The van der Waals surface area contributed by atoms with Crippen molar-refractivity contribution in [3.63, 3.8) is 0 Å². The summed E-state index contributed by atoms with van der Waals surface area (Å²) in [6.07, 6.45) is -2.67. The average Bonchev–Trinajstić information content (AvgIpc) is 3.21. The minimum Gasteiger partial charge on any atom is -0.491 e. The zero-order chi connectivity index (χ0) is 25.4. The quantitative estimate of drug-likeness (QED) is 0.443. The molecule has 1 aromatic heterocycles. The van der Waals surface area contributed by atoms with Gasteiger partial charge in [0.25, 0.3) is 5.89 Å². The van der Waals surface area contributed by atoms with Crippen LogP contribution in [-0.4, -0.2) is 38.3 Å². The molecule has 0 radical (unpaired) electrons. The van der Waals surface area contributed by atoms with Gasteiger partial charge in [-0.15, -0.1) is 0 Å². The summed E-state index contributed by atoms with van der Waals surface area (Å²) in [5, 5.41) is 22.4. The molecular weight excluding hydrogens is 453 g/mol. The molecule has 3 aromatic rings. The number of carboxylic acids is 1. The highest BCUT2D eigenvalue weighted by molar-refractivity contribution is 5.76. The third kappa shape index (κ3) is 5.06. The second-order valence-electron chi connectivity index (χ2n) is 8.68. The number of hydrogen-bond donors (Lipinski definition) is 2. The van der Waals surface area contributed by atoms with Gasteiger partial charge < -0.3 is 19.5 Å². The number of halogens is 3. The first kappa shape index (κ1) is 25.2. The van der Waals surface area contributed by atoms with Gasteiger partial charge in [0, 0.05) is 16.7 Å². The number of aromatic nitrogens is 2. The van der Waals surface area contributed by atoms with Crippen molar-refractivity contribution >= 4 is 5.97 Å². The molecule has 0 amide bonds. The predicted molar refractivity (Wildman–Crippen MR) is 117 cm³/mol. The highest BCUT2D eigenvalue weighted by atomic mass is 19.3. The number of aliphatic hydroxyl groups is 1. The molecule has 0 fully saturated rings. The van der Waals surface area contributed by atoms with E-state index in [-0.39, 0.29) is 23.4 Å². The van der Waals surface area contributed by atoms with E-state index in [1.165, 1.54) is 32.0 Å². The van der Waals surface area contributed by atoms with Crippen LogP contribution in [0.1, 0.15) is 50.5 Å². The Labute approximate surface area is 194 Å². The number of rotatable bonds is 8. The fourth-order valence-electron chi connectivity index (χ4n) is 3.37. The monoisotopic (exact) mass is 478 g/mol. The minimum atomic E-state index is -4.35. The van der Waals surface area contributed by atoms with Crippen LogP contribution in [0.4, 0.5) is 13.2 Å². The Morgan fingerprint density at radius 3 is 2.35 bits per heavy atom. The number of ether oxygens (including phenoxy) is 1. The zero-order valence-corrected chi connectivity index (χ0v) is 19.3. The van der Waals surface area contributed by atoms with Gasteiger partial charge >= 0.3 is 11.9 Å². The fourth-order valence-corrected chi connectivity index (χ4v) is 3.37. The normalized spacial score (nSPS) is 13.2. The molecule has 2 aromatic carbocycles. The third-order valence-electron chi connectivity index (χ3n) is 5.09. The molecule has 0 saturated carbocycles. The Balaban J connectivity index is 1.95. The molecule has 1 atom stereocenters. The number of benzene rings is 2. The van der Waals surface area contributed by atoms with Crippen molar-refractivity contribution in [3.8, 4) is 28.6 Å². The van der Waals surface area contributed by atoms with Gasteiger partial charge in [0.05, 0.1) is 6.10 Å². The number of aliphatic carboxylic acids is 1. The molecule has 2 N–H and O–H groups in total. The number of alkyl halides is 3. The van der Waals surface area contributed by atoms with Gasteiger partial charge in [0.1, 0.15) is 11.4 Å². The van der Waals surface area contributed by atoms with E-state index in [0.29, 0.717) is 28.0 Å². The Kier molecular flexibility index (Phi) is 6.75. The third-order valence-corrected chi connectivity index (χ3v) is 5.09. The van der Waals surface area contributed by atoms with Crippen LogP contribution in [0, 0.1) is 6.92 Å². The summed E-state index contributed by atoms with van der Waals surface area (Å²) in [4.78, 5) is 15.1. The van der Waals surface area contributed by atoms with Gasteiger partial charge in [-0.25, -0.2) is 9.18 Å². The summed E-state index contributed by atoms with van der Waals surface area (Å²) in [6, 6.07) is 8.63. The van der Waals surface area contributed by atoms with Crippen LogP contribution in [0.25, 0.3) is 22.8 Å². The first-order valence-electron chi connectivity index (χ1n) is 10.5. The highest BCUT2D eigenvalue weighted by Crippen LogP contribution is 2.37. The van der Waals surface area contributed by atoms with Gasteiger partial charge in [-0.2, -0.15) is 13.8 Å². The van der Waals surface area contributed by atoms with E-state index in [2.05, 4.69) is 10.1 Å². The lowest BCUT2D eigenvalue weighted by atomic mass is 9.96. The van der Waals surface area contributed by atoms with Crippen molar-refractivity contribution < 1.29 is 37.4 Å². The smallest absolute Gasteiger partial charge is 0.377 e. The van der Waals surface area contributed by atoms with Crippen LogP contribution in [-0.2, 0) is 10.5 Å². The molecule has 34 heavy (non-hydrogen) atoms. The second-order valence-corrected chi connectivity index (χ2v) is 8.68. The second kappa shape index (κ2) is 9.09. The topological polar surface area (TPSA) is 106 Å². The Bertz CT molecular complexity index is 1200. The number of carboxylic acid groups (broad SMARTS) is 1. The fraction of sp³-hybridized carbons (Fsp3) is 0.375.